The van der Waals surface area contributed by atoms with E-state index in [-0.39, 0.29) is 11.0 Å². The molecule has 182 valence electrons. The molecule has 2 N–H and O–H groups in total. The van der Waals surface area contributed by atoms with Crippen LogP contribution in [0.3, 0.4) is 0 Å². The van der Waals surface area contributed by atoms with Gasteiger partial charge in [0.05, 0.1) is 5.02 Å². The predicted octanol–water partition coefficient (Wildman–Crippen LogP) is 8.19. The first-order valence-electron chi connectivity index (χ1n) is 11.2. The Morgan fingerprint density at radius 2 is 1.86 bits per heavy atom. The lowest BCUT2D eigenvalue weighted by Crippen LogP contribution is -2.33. The Morgan fingerprint density at radius 1 is 1.08 bits per heavy atom. The maximum absolute atomic E-state index is 12.7. The van der Waals surface area contributed by atoms with Crippen molar-refractivity contribution in [1.82, 2.24) is 10.3 Å². The van der Waals surface area contributed by atoms with Gasteiger partial charge in [-0.25, -0.2) is 4.98 Å². The summed E-state index contributed by atoms with van der Waals surface area (Å²) in [4.78, 5) is 17.8. The van der Waals surface area contributed by atoms with Crippen LogP contribution in [0, 0.1) is 0 Å². The minimum atomic E-state index is -0.372. The standard InChI is InChI=1S/C27H21Cl2N3O2S2/c1-14(2)16-5-10-21-20(12-16)31-23(34-21)11-15-3-7-18(8-4-15)30-27(35)32-26(33)25-24(29)19-9-6-17(28)13-22(19)36-25/h3-10,12-14H,11H2,1-2H3,(H2,30,32,33,35). The van der Waals surface area contributed by atoms with Crippen molar-refractivity contribution in [2.45, 2.75) is 26.2 Å². The molecule has 9 heteroatoms. The molecule has 1 amide bonds. The first kappa shape index (κ1) is 24.7. The van der Waals surface area contributed by atoms with Gasteiger partial charge in [-0.15, -0.1) is 11.3 Å². The number of carbonyl (C=O) groups is 1. The van der Waals surface area contributed by atoms with Crippen LogP contribution in [-0.2, 0) is 6.42 Å². The van der Waals surface area contributed by atoms with Gasteiger partial charge in [0.1, 0.15) is 10.4 Å². The number of hydrogen-bond donors (Lipinski definition) is 2. The summed E-state index contributed by atoms with van der Waals surface area (Å²) in [5.41, 5.74) is 4.69. The number of nitrogens with zero attached hydrogens (tertiary/aromatic N) is 1. The van der Waals surface area contributed by atoms with Gasteiger partial charge in [0.25, 0.3) is 5.91 Å². The van der Waals surface area contributed by atoms with Gasteiger partial charge in [0.15, 0.2) is 16.6 Å². The summed E-state index contributed by atoms with van der Waals surface area (Å²) < 4.78 is 6.75. The van der Waals surface area contributed by atoms with E-state index in [2.05, 4.69) is 41.6 Å². The van der Waals surface area contributed by atoms with E-state index in [1.807, 2.05) is 30.3 Å². The fourth-order valence-corrected chi connectivity index (χ4v) is 5.71. The van der Waals surface area contributed by atoms with Crippen LogP contribution in [0.5, 0.6) is 0 Å². The molecule has 0 unspecified atom stereocenters. The molecule has 0 saturated heterocycles. The highest BCUT2D eigenvalue weighted by Gasteiger charge is 2.18. The third kappa shape index (κ3) is 5.25. The fraction of sp³-hybridized carbons (Fsp3) is 0.148. The highest BCUT2D eigenvalue weighted by molar-refractivity contribution is 7.80. The molecule has 5 nitrogen and oxygen atoms in total. The van der Waals surface area contributed by atoms with Gasteiger partial charge in [-0.05, 0) is 65.7 Å². The summed E-state index contributed by atoms with van der Waals surface area (Å²) in [5.74, 6) is 0.727. The first-order chi connectivity index (χ1) is 17.3. The first-order valence-corrected chi connectivity index (χ1v) is 13.2. The van der Waals surface area contributed by atoms with E-state index in [1.54, 1.807) is 18.2 Å². The van der Waals surface area contributed by atoms with Gasteiger partial charge in [0, 0.05) is 27.2 Å². The third-order valence-corrected chi connectivity index (χ3v) is 7.81. The molecule has 2 heterocycles. The third-order valence-electron chi connectivity index (χ3n) is 5.71. The van der Waals surface area contributed by atoms with E-state index in [1.165, 1.54) is 16.9 Å². The van der Waals surface area contributed by atoms with Crippen molar-refractivity contribution < 1.29 is 9.21 Å². The maximum atomic E-state index is 12.7. The van der Waals surface area contributed by atoms with Gasteiger partial charge in [-0.1, -0.05) is 61.3 Å². The van der Waals surface area contributed by atoms with Crippen LogP contribution in [0.15, 0.2) is 65.1 Å². The average Bonchev–Trinajstić information content (AvgIpc) is 3.39. The number of amides is 1. The highest BCUT2D eigenvalue weighted by atomic mass is 35.5. The molecule has 36 heavy (non-hydrogen) atoms. The van der Waals surface area contributed by atoms with Crippen LogP contribution in [0.25, 0.3) is 21.2 Å². The van der Waals surface area contributed by atoms with Gasteiger partial charge in [0.2, 0.25) is 0 Å². The second-order valence-electron chi connectivity index (χ2n) is 8.66. The van der Waals surface area contributed by atoms with E-state index >= 15 is 0 Å². The van der Waals surface area contributed by atoms with E-state index < -0.39 is 0 Å². The van der Waals surface area contributed by atoms with Crippen molar-refractivity contribution in [1.29, 1.82) is 0 Å². The minimum Gasteiger partial charge on any atom is -0.440 e. The maximum Gasteiger partial charge on any atom is 0.269 e. The topological polar surface area (TPSA) is 67.2 Å². The molecule has 0 fully saturated rings. The lowest BCUT2D eigenvalue weighted by atomic mass is 10.0. The number of oxazole rings is 1. The summed E-state index contributed by atoms with van der Waals surface area (Å²) >= 11 is 19.1. The summed E-state index contributed by atoms with van der Waals surface area (Å²) in [6, 6.07) is 19.2. The lowest BCUT2D eigenvalue weighted by molar-refractivity contribution is 0.0982. The summed E-state index contributed by atoms with van der Waals surface area (Å²) in [7, 11) is 0. The number of thiocarbonyl (C=S) groups is 1. The normalized spacial score (nSPS) is 11.4. The van der Waals surface area contributed by atoms with Gasteiger partial charge in [-0.2, -0.15) is 0 Å². The van der Waals surface area contributed by atoms with Crippen LogP contribution >= 0.6 is 46.8 Å². The zero-order valence-electron chi connectivity index (χ0n) is 19.4. The van der Waals surface area contributed by atoms with Crippen molar-refractivity contribution in [2.75, 3.05) is 5.32 Å². The molecule has 0 spiro atoms. The molecule has 0 aliphatic heterocycles. The van der Waals surface area contributed by atoms with Crippen molar-refractivity contribution in [2.24, 2.45) is 0 Å². The summed E-state index contributed by atoms with van der Waals surface area (Å²) in [6.07, 6.45) is 0.571. The molecule has 0 atom stereocenters. The van der Waals surface area contributed by atoms with Gasteiger partial charge < -0.3 is 9.73 Å². The second kappa shape index (κ2) is 10.2. The number of nitrogens with one attached hydrogen (secondary N) is 2. The SMILES string of the molecule is CC(C)c1ccc2oc(Cc3ccc(NC(=S)NC(=O)c4sc5cc(Cl)ccc5c4Cl)cc3)nc2c1. The molecule has 0 bridgehead atoms. The number of halogens is 2. The molecule has 0 radical (unpaired) electrons. The number of hydrogen-bond acceptors (Lipinski definition) is 5. The van der Waals surface area contributed by atoms with E-state index in [9.17, 15) is 4.79 Å². The quantitative estimate of drug-likeness (QED) is 0.215. The number of fused-ring (bicyclic) bond motifs is 2. The highest BCUT2D eigenvalue weighted by Crippen LogP contribution is 2.36. The van der Waals surface area contributed by atoms with Crippen LogP contribution in [-0.4, -0.2) is 16.0 Å². The van der Waals surface area contributed by atoms with E-state index in [0.717, 1.165) is 32.4 Å². The molecule has 5 rings (SSSR count). The fourth-order valence-electron chi connectivity index (χ4n) is 3.81. The van der Waals surface area contributed by atoms with Crippen LogP contribution in [0.4, 0.5) is 5.69 Å². The van der Waals surface area contributed by atoms with Gasteiger partial charge >= 0.3 is 0 Å². The zero-order valence-corrected chi connectivity index (χ0v) is 22.5. The van der Waals surface area contributed by atoms with Gasteiger partial charge in [-0.3, -0.25) is 10.1 Å². The average molecular weight is 555 g/mol. The monoisotopic (exact) mass is 553 g/mol. The lowest BCUT2D eigenvalue weighted by Gasteiger charge is -2.09. The zero-order chi connectivity index (χ0) is 25.4. The summed E-state index contributed by atoms with van der Waals surface area (Å²) in [6.45, 7) is 4.31. The number of benzene rings is 3. The Bertz CT molecular complexity index is 1610. The summed E-state index contributed by atoms with van der Waals surface area (Å²) in [5, 5.41) is 7.66. The Morgan fingerprint density at radius 3 is 2.61 bits per heavy atom. The molecular weight excluding hydrogens is 533 g/mol. The molecule has 3 aromatic carbocycles. The smallest absolute Gasteiger partial charge is 0.269 e. The Kier molecular flexibility index (Phi) is 6.99. The number of aromatic nitrogens is 1. The predicted molar refractivity (Wildman–Crippen MR) is 153 cm³/mol. The molecule has 5 aromatic rings. The largest absolute Gasteiger partial charge is 0.440 e. The molecular formula is C27H21Cl2N3O2S2. The van der Waals surface area contributed by atoms with Crippen molar-refractivity contribution in [3.05, 3.63) is 92.6 Å². The Hall–Kier alpha value is -2.97. The molecule has 0 saturated carbocycles. The van der Waals surface area contributed by atoms with E-state index in [4.69, 9.17) is 39.8 Å². The molecule has 2 aromatic heterocycles. The minimum absolute atomic E-state index is 0.180. The Balaban J connectivity index is 1.22. The van der Waals surface area contributed by atoms with Crippen LogP contribution in [0.1, 0.15) is 46.5 Å². The molecule has 0 aliphatic rings. The van der Waals surface area contributed by atoms with Crippen LogP contribution < -0.4 is 10.6 Å². The Labute approximate surface area is 227 Å². The van der Waals surface area contributed by atoms with Crippen molar-refractivity contribution >= 4 is 84.6 Å². The van der Waals surface area contributed by atoms with Crippen molar-refractivity contribution in [3.8, 4) is 0 Å². The second-order valence-corrected chi connectivity index (χ2v) is 10.9. The molecule has 0 aliphatic carbocycles. The van der Waals surface area contributed by atoms with Crippen LogP contribution in [0.2, 0.25) is 10.0 Å². The van der Waals surface area contributed by atoms with E-state index in [0.29, 0.717) is 33.2 Å². The number of carbonyl (C=O) groups excluding carboxylic acids is 1. The number of thiophene rings is 1. The number of anilines is 1. The number of rotatable bonds is 5. The van der Waals surface area contributed by atoms with Crippen molar-refractivity contribution in [3.63, 3.8) is 0 Å².